The molecule has 1 aliphatic rings. The molecule has 20 heavy (non-hydrogen) atoms. The van der Waals surface area contributed by atoms with E-state index in [1.807, 2.05) is 0 Å². The Balaban J connectivity index is 2.48. The van der Waals surface area contributed by atoms with Crippen LogP contribution in [0.15, 0.2) is 0 Å². The van der Waals surface area contributed by atoms with Gasteiger partial charge in [-0.25, -0.2) is 4.39 Å². The van der Waals surface area contributed by atoms with Crippen LogP contribution in [-0.2, 0) is 0 Å². The number of benzene rings is 1. The summed E-state index contributed by atoms with van der Waals surface area (Å²) in [6.07, 6.45) is 0. The van der Waals surface area contributed by atoms with E-state index in [9.17, 15) is 4.39 Å². The van der Waals surface area contributed by atoms with Crippen molar-refractivity contribution in [1.82, 2.24) is 10.2 Å². The van der Waals surface area contributed by atoms with Gasteiger partial charge in [-0.1, -0.05) is 0 Å². The van der Waals surface area contributed by atoms with Gasteiger partial charge in [0.1, 0.15) is 6.67 Å². The van der Waals surface area contributed by atoms with Crippen molar-refractivity contribution in [3.8, 4) is 0 Å². The number of nitrogens with one attached hydrogen (secondary N) is 1. The molecule has 0 bridgehead atoms. The molecule has 2 nitrogen and oxygen atoms in total. The minimum atomic E-state index is -0.302. The molecule has 112 valence electrons. The Labute approximate surface area is 122 Å². The third-order valence-corrected chi connectivity index (χ3v) is 5.13. The van der Waals surface area contributed by atoms with Crippen molar-refractivity contribution in [2.75, 3.05) is 32.9 Å². The van der Waals surface area contributed by atoms with Crippen LogP contribution in [-0.4, -0.2) is 37.8 Å². The number of halogens is 1. The third-order valence-electron chi connectivity index (χ3n) is 5.13. The predicted molar refractivity (Wildman–Crippen MR) is 83.3 cm³/mol. The van der Waals surface area contributed by atoms with Crippen LogP contribution >= 0.6 is 0 Å². The second-order valence-electron chi connectivity index (χ2n) is 5.99. The Kier molecular flexibility index (Phi) is 4.82. The van der Waals surface area contributed by atoms with E-state index in [0.29, 0.717) is 0 Å². The maximum atomic E-state index is 13.8. The van der Waals surface area contributed by atoms with Crippen LogP contribution in [0.5, 0.6) is 0 Å². The van der Waals surface area contributed by atoms with E-state index in [0.717, 1.165) is 26.2 Å². The Hall–Kier alpha value is -0.930. The van der Waals surface area contributed by atoms with E-state index in [-0.39, 0.29) is 12.7 Å². The normalized spacial score (nSPS) is 18.3. The van der Waals surface area contributed by atoms with Crippen molar-refractivity contribution in [1.29, 1.82) is 0 Å². The highest BCUT2D eigenvalue weighted by Crippen LogP contribution is 2.33. The average molecular weight is 278 g/mol. The van der Waals surface area contributed by atoms with Crippen LogP contribution in [0.1, 0.15) is 39.4 Å². The first-order valence-electron chi connectivity index (χ1n) is 7.56. The largest absolute Gasteiger partial charge is 0.314 e. The molecular weight excluding hydrogens is 251 g/mol. The summed E-state index contributed by atoms with van der Waals surface area (Å²) in [7, 11) is 0. The minimum absolute atomic E-state index is 0.0879. The number of hydrogen-bond acceptors (Lipinski definition) is 2. The van der Waals surface area contributed by atoms with Crippen molar-refractivity contribution in [2.24, 2.45) is 0 Å². The molecule has 1 aliphatic heterocycles. The topological polar surface area (TPSA) is 15.3 Å². The maximum Gasteiger partial charge on any atom is 0.109 e. The van der Waals surface area contributed by atoms with Gasteiger partial charge < -0.3 is 5.32 Å². The second kappa shape index (κ2) is 6.23. The number of alkyl halides is 1. The Morgan fingerprint density at radius 2 is 1.35 bits per heavy atom. The van der Waals surface area contributed by atoms with Gasteiger partial charge >= 0.3 is 0 Å². The van der Waals surface area contributed by atoms with Gasteiger partial charge in [0.2, 0.25) is 0 Å². The van der Waals surface area contributed by atoms with Crippen LogP contribution in [0.25, 0.3) is 0 Å². The van der Waals surface area contributed by atoms with Crippen LogP contribution < -0.4 is 5.32 Å². The molecule has 1 N–H and O–H groups in total. The summed E-state index contributed by atoms with van der Waals surface area (Å²) >= 11 is 0. The highest BCUT2D eigenvalue weighted by molar-refractivity contribution is 5.50. The van der Waals surface area contributed by atoms with E-state index in [1.54, 1.807) is 0 Å². The maximum absolute atomic E-state index is 13.8. The van der Waals surface area contributed by atoms with E-state index >= 15 is 0 Å². The number of rotatable bonds is 3. The van der Waals surface area contributed by atoms with E-state index in [4.69, 9.17) is 0 Å². The Morgan fingerprint density at radius 3 is 1.80 bits per heavy atom. The lowest BCUT2D eigenvalue weighted by Gasteiger charge is -2.36. The molecule has 0 aromatic heterocycles. The first-order valence-corrected chi connectivity index (χ1v) is 7.56. The predicted octanol–water partition coefficient (Wildman–Crippen LogP) is 3.14. The molecule has 0 unspecified atom stereocenters. The van der Waals surface area contributed by atoms with Crippen molar-refractivity contribution >= 4 is 0 Å². The van der Waals surface area contributed by atoms with E-state index < -0.39 is 0 Å². The summed E-state index contributed by atoms with van der Waals surface area (Å²) in [5.74, 6) is 0. The first kappa shape index (κ1) is 15.5. The van der Waals surface area contributed by atoms with Crippen LogP contribution in [0, 0.1) is 34.6 Å². The lowest BCUT2D eigenvalue weighted by Crippen LogP contribution is -2.46. The molecule has 1 aromatic rings. The highest BCUT2D eigenvalue weighted by Gasteiger charge is 2.26. The van der Waals surface area contributed by atoms with Gasteiger partial charge in [0.05, 0.1) is 6.04 Å². The zero-order valence-electron chi connectivity index (χ0n) is 13.4. The van der Waals surface area contributed by atoms with E-state index in [2.05, 4.69) is 44.8 Å². The van der Waals surface area contributed by atoms with Gasteiger partial charge in [-0.05, 0) is 68.0 Å². The fourth-order valence-electron chi connectivity index (χ4n) is 3.38. The standard InChI is InChI=1S/C17H27FN2/c1-11-12(2)14(4)17(15(5)13(11)3)16(10-18)20-8-6-19-7-9-20/h16,19H,6-10H2,1-5H3/t16-/m1/s1. The fraction of sp³-hybridized carbons (Fsp3) is 0.647. The fourth-order valence-corrected chi connectivity index (χ4v) is 3.38. The van der Waals surface area contributed by atoms with Gasteiger partial charge in [-0.2, -0.15) is 0 Å². The lowest BCUT2D eigenvalue weighted by molar-refractivity contribution is 0.146. The minimum Gasteiger partial charge on any atom is -0.314 e. The second-order valence-corrected chi connectivity index (χ2v) is 5.99. The molecule has 0 aliphatic carbocycles. The highest BCUT2D eigenvalue weighted by atomic mass is 19.1. The monoisotopic (exact) mass is 278 g/mol. The molecule has 1 fully saturated rings. The number of hydrogen-bond donors (Lipinski definition) is 1. The molecular formula is C17H27FN2. The first-order chi connectivity index (χ1) is 9.49. The van der Waals surface area contributed by atoms with Crippen LogP contribution in [0.3, 0.4) is 0 Å². The quantitative estimate of drug-likeness (QED) is 0.914. The summed E-state index contributed by atoms with van der Waals surface area (Å²) in [5.41, 5.74) is 7.74. The van der Waals surface area contributed by atoms with Gasteiger partial charge in [0, 0.05) is 26.2 Å². The number of piperazine rings is 1. The van der Waals surface area contributed by atoms with Gasteiger partial charge in [0.15, 0.2) is 0 Å². The molecule has 1 saturated heterocycles. The average Bonchev–Trinajstić information content (AvgIpc) is 2.48. The Bertz CT molecular complexity index is 461. The van der Waals surface area contributed by atoms with Gasteiger partial charge in [0.25, 0.3) is 0 Å². The molecule has 1 atom stereocenters. The Morgan fingerprint density at radius 1 is 0.900 bits per heavy atom. The van der Waals surface area contributed by atoms with Crippen molar-refractivity contribution in [3.05, 3.63) is 33.4 Å². The molecule has 0 radical (unpaired) electrons. The molecule has 1 aromatic carbocycles. The summed E-state index contributed by atoms with van der Waals surface area (Å²) in [6.45, 7) is 14.3. The summed E-state index contributed by atoms with van der Waals surface area (Å²) in [5, 5.41) is 3.34. The zero-order chi connectivity index (χ0) is 14.9. The lowest BCUT2D eigenvalue weighted by atomic mass is 9.86. The summed E-state index contributed by atoms with van der Waals surface area (Å²) in [4.78, 5) is 2.29. The molecule has 3 heteroatoms. The smallest absolute Gasteiger partial charge is 0.109 e. The zero-order valence-corrected chi connectivity index (χ0v) is 13.4. The van der Waals surface area contributed by atoms with Crippen LogP contribution in [0.2, 0.25) is 0 Å². The van der Waals surface area contributed by atoms with Crippen molar-refractivity contribution in [3.63, 3.8) is 0 Å². The number of nitrogens with zero attached hydrogens (tertiary/aromatic N) is 1. The van der Waals surface area contributed by atoms with Gasteiger partial charge in [-0.3, -0.25) is 4.90 Å². The van der Waals surface area contributed by atoms with Crippen molar-refractivity contribution in [2.45, 2.75) is 40.7 Å². The molecule has 0 amide bonds. The van der Waals surface area contributed by atoms with Crippen LogP contribution in [0.4, 0.5) is 4.39 Å². The summed E-state index contributed by atoms with van der Waals surface area (Å²) < 4.78 is 13.8. The third kappa shape index (κ3) is 2.61. The summed E-state index contributed by atoms with van der Waals surface area (Å²) in [6, 6.07) is -0.0879. The molecule has 0 saturated carbocycles. The van der Waals surface area contributed by atoms with Gasteiger partial charge in [-0.15, -0.1) is 0 Å². The van der Waals surface area contributed by atoms with E-state index in [1.165, 1.54) is 33.4 Å². The molecule has 0 spiro atoms. The molecule has 1 heterocycles. The molecule has 2 rings (SSSR count). The van der Waals surface area contributed by atoms with Crippen molar-refractivity contribution < 1.29 is 4.39 Å². The SMILES string of the molecule is Cc1c(C)c(C)c([C@@H](CF)N2CCNCC2)c(C)c1C.